The fourth-order valence-corrected chi connectivity index (χ4v) is 2.38. The van der Waals surface area contributed by atoms with Crippen LogP contribution in [0.5, 0.6) is 5.75 Å². The Bertz CT molecular complexity index is 494. The number of nitro groups is 1. The summed E-state index contributed by atoms with van der Waals surface area (Å²) < 4.78 is 5.43. The maximum Gasteiger partial charge on any atom is 0.271 e. The summed E-state index contributed by atoms with van der Waals surface area (Å²) in [6.45, 7) is 4.27. The molecule has 1 fully saturated rings. The number of nitrogens with one attached hydrogen (secondary N) is 1. The summed E-state index contributed by atoms with van der Waals surface area (Å²) in [6, 6.07) is 4.00. The van der Waals surface area contributed by atoms with Gasteiger partial charge in [-0.05, 0) is 6.07 Å². The minimum atomic E-state index is -0.630. The van der Waals surface area contributed by atoms with Crippen LogP contribution in [0.25, 0.3) is 0 Å². The quantitative estimate of drug-likeness (QED) is 0.599. The molecule has 0 amide bonds. The van der Waals surface area contributed by atoms with Crippen molar-refractivity contribution < 1.29 is 14.8 Å². The average molecular weight is 316 g/mol. The second-order valence-corrected chi connectivity index (χ2v) is 5.29. The lowest BCUT2D eigenvalue weighted by molar-refractivity contribution is -0.384. The fourth-order valence-electron chi connectivity index (χ4n) is 2.15. The lowest BCUT2D eigenvalue weighted by Gasteiger charge is -2.29. The number of aliphatic hydroxyl groups excluding tert-OH is 1. The first kappa shape index (κ1) is 16.0. The number of non-ortho nitro benzene ring substituents is 1. The standard InChI is InChI=1S/C13H18ClN3O4/c14-12-7-10(17(19)20)1-2-13(12)21-9-11(18)8-16-5-3-15-4-6-16/h1-2,7,11,15,18H,3-6,8-9H2. The predicted molar refractivity (Wildman–Crippen MR) is 78.9 cm³/mol. The lowest BCUT2D eigenvalue weighted by atomic mass is 10.3. The van der Waals surface area contributed by atoms with Crippen molar-refractivity contribution in [2.45, 2.75) is 6.10 Å². The van der Waals surface area contributed by atoms with Crippen LogP contribution in [0, 0.1) is 10.1 Å². The Morgan fingerprint density at radius 2 is 2.19 bits per heavy atom. The number of aliphatic hydroxyl groups is 1. The van der Waals surface area contributed by atoms with Crippen molar-refractivity contribution in [2.24, 2.45) is 0 Å². The van der Waals surface area contributed by atoms with Gasteiger partial charge in [0.25, 0.3) is 5.69 Å². The van der Waals surface area contributed by atoms with Gasteiger partial charge in [0, 0.05) is 44.9 Å². The molecule has 1 saturated heterocycles. The molecule has 1 aromatic rings. The van der Waals surface area contributed by atoms with Crippen molar-refractivity contribution in [2.75, 3.05) is 39.3 Å². The predicted octanol–water partition coefficient (Wildman–Crippen LogP) is 0.893. The first-order chi connectivity index (χ1) is 10.1. The number of nitrogens with zero attached hydrogens (tertiary/aromatic N) is 2. The van der Waals surface area contributed by atoms with Crippen molar-refractivity contribution in [3.8, 4) is 5.75 Å². The first-order valence-electron chi connectivity index (χ1n) is 6.74. The van der Waals surface area contributed by atoms with E-state index in [1.54, 1.807) is 0 Å². The summed E-state index contributed by atoms with van der Waals surface area (Å²) in [5, 5.41) is 24.0. The molecule has 7 nitrogen and oxygen atoms in total. The van der Waals surface area contributed by atoms with Crippen LogP contribution in [0.1, 0.15) is 0 Å². The van der Waals surface area contributed by atoms with Crippen LogP contribution in [-0.2, 0) is 0 Å². The summed E-state index contributed by atoms with van der Waals surface area (Å²) in [5.74, 6) is 0.335. The molecule has 0 radical (unpaired) electrons. The summed E-state index contributed by atoms with van der Waals surface area (Å²) in [4.78, 5) is 12.2. The van der Waals surface area contributed by atoms with Crippen LogP contribution in [0.4, 0.5) is 5.69 Å². The number of hydrogen-bond donors (Lipinski definition) is 2. The number of benzene rings is 1. The Labute approximate surface area is 127 Å². The largest absolute Gasteiger partial charge is 0.489 e. The monoisotopic (exact) mass is 315 g/mol. The molecule has 1 aliphatic heterocycles. The highest BCUT2D eigenvalue weighted by molar-refractivity contribution is 6.32. The van der Waals surface area contributed by atoms with Crippen LogP contribution in [0.2, 0.25) is 5.02 Å². The maximum atomic E-state index is 10.6. The highest BCUT2D eigenvalue weighted by Crippen LogP contribution is 2.28. The van der Waals surface area contributed by atoms with Gasteiger partial charge < -0.3 is 15.2 Å². The second-order valence-electron chi connectivity index (χ2n) is 4.89. The van der Waals surface area contributed by atoms with Gasteiger partial charge >= 0.3 is 0 Å². The number of rotatable bonds is 6. The van der Waals surface area contributed by atoms with Gasteiger partial charge in [-0.15, -0.1) is 0 Å². The maximum absolute atomic E-state index is 10.6. The van der Waals surface area contributed by atoms with E-state index in [1.165, 1.54) is 18.2 Å². The summed E-state index contributed by atoms with van der Waals surface area (Å²) in [7, 11) is 0. The Balaban J connectivity index is 1.83. The molecule has 1 aromatic carbocycles. The molecule has 2 N–H and O–H groups in total. The minimum Gasteiger partial charge on any atom is -0.489 e. The van der Waals surface area contributed by atoms with Crippen molar-refractivity contribution in [3.05, 3.63) is 33.3 Å². The third-order valence-corrected chi connectivity index (χ3v) is 3.53. The van der Waals surface area contributed by atoms with E-state index < -0.39 is 11.0 Å². The third-order valence-electron chi connectivity index (χ3n) is 3.24. The van der Waals surface area contributed by atoms with Crippen LogP contribution in [0.3, 0.4) is 0 Å². The van der Waals surface area contributed by atoms with Crippen LogP contribution in [0.15, 0.2) is 18.2 Å². The third kappa shape index (κ3) is 4.82. The van der Waals surface area contributed by atoms with Crippen LogP contribution >= 0.6 is 11.6 Å². The highest BCUT2D eigenvalue weighted by Gasteiger charge is 2.16. The van der Waals surface area contributed by atoms with Gasteiger partial charge in [-0.25, -0.2) is 0 Å². The normalized spacial score (nSPS) is 17.4. The van der Waals surface area contributed by atoms with E-state index in [0.717, 1.165) is 26.2 Å². The van der Waals surface area contributed by atoms with Gasteiger partial charge in [0.05, 0.1) is 9.95 Å². The molecule has 1 aliphatic rings. The molecule has 1 atom stereocenters. The number of nitro benzene ring substituents is 1. The zero-order valence-corrected chi connectivity index (χ0v) is 12.3. The number of hydrogen-bond acceptors (Lipinski definition) is 6. The zero-order chi connectivity index (χ0) is 15.2. The van der Waals surface area contributed by atoms with Crippen LogP contribution in [-0.4, -0.2) is 60.4 Å². The van der Waals surface area contributed by atoms with E-state index in [0.29, 0.717) is 12.3 Å². The van der Waals surface area contributed by atoms with Crippen molar-refractivity contribution in [3.63, 3.8) is 0 Å². The van der Waals surface area contributed by atoms with Gasteiger partial charge in [-0.1, -0.05) is 11.6 Å². The van der Waals surface area contributed by atoms with Gasteiger partial charge in [-0.3, -0.25) is 15.0 Å². The van der Waals surface area contributed by atoms with Gasteiger partial charge in [0.2, 0.25) is 0 Å². The number of ether oxygens (including phenoxy) is 1. The van der Waals surface area contributed by atoms with E-state index in [4.69, 9.17) is 16.3 Å². The van der Waals surface area contributed by atoms with E-state index in [-0.39, 0.29) is 17.3 Å². The molecule has 1 unspecified atom stereocenters. The zero-order valence-electron chi connectivity index (χ0n) is 11.5. The molecule has 0 spiro atoms. The van der Waals surface area contributed by atoms with E-state index >= 15 is 0 Å². The molecule has 0 aromatic heterocycles. The second kappa shape index (κ2) is 7.56. The molecule has 0 saturated carbocycles. The molecular formula is C13H18ClN3O4. The Kier molecular flexibility index (Phi) is 5.75. The van der Waals surface area contributed by atoms with Crippen molar-refractivity contribution in [1.82, 2.24) is 10.2 Å². The van der Waals surface area contributed by atoms with E-state index in [1.807, 2.05) is 0 Å². The molecular weight excluding hydrogens is 298 g/mol. The molecule has 8 heteroatoms. The Morgan fingerprint density at radius 3 is 2.81 bits per heavy atom. The van der Waals surface area contributed by atoms with E-state index in [2.05, 4.69) is 10.2 Å². The van der Waals surface area contributed by atoms with Gasteiger partial charge in [0.15, 0.2) is 0 Å². The molecule has 0 bridgehead atoms. The van der Waals surface area contributed by atoms with Gasteiger partial charge in [0.1, 0.15) is 18.5 Å². The van der Waals surface area contributed by atoms with Gasteiger partial charge in [-0.2, -0.15) is 0 Å². The summed E-state index contributed by atoms with van der Waals surface area (Å²) in [6.07, 6.45) is -0.630. The van der Waals surface area contributed by atoms with Crippen molar-refractivity contribution in [1.29, 1.82) is 0 Å². The molecule has 2 rings (SSSR count). The number of β-amino-alcohol motifs (C(OH)–C–C–N with tert-alkyl or cyclic N) is 1. The van der Waals surface area contributed by atoms with E-state index in [9.17, 15) is 15.2 Å². The Hall–Kier alpha value is -1.41. The number of halogens is 1. The smallest absolute Gasteiger partial charge is 0.271 e. The number of piperazine rings is 1. The van der Waals surface area contributed by atoms with Crippen LogP contribution < -0.4 is 10.1 Å². The molecule has 116 valence electrons. The lowest BCUT2D eigenvalue weighted by Crippen LogP contribution is -2.47. The molecule has 1 heterocycles. The topological polar surface area (TPSA) is 87.9 Å². The SMILES string of the molecule is O=[N+]([O-])c1ccc(OCC(O)CN2CCNCC2)c(Cl)c1. The Morgan fingerprint density at radius 1 is 1.48 bits per heavy atom. The molecule has 0 aliphatic carbocycles. The highest BCUT2D eigenvalue weighted by atomic mass is 35.5. The van der Waals surface area contributed by atoms with Crippen molar-refractivity contribution >= 4 is 17.3 Å². The molecule has 21 heavy (non-hydrogen) atoms. The summed E-state index contributed by atoms with van der Waals surface area (Å²) >= 11 is 5.92. The first-order valence-corrected chi connectivity index (χ1v) is 7.12. The minimum absolute atomic E-state index is 0.0892. The fraction of sp³-hybridized carbons (Fsp3) is 0.538. The summed E-state index contributed by atoms with van der Waals surface area (Å²) in [5.41, 5.74) is -0.0892. The average Bonchev–Trinajstić information content (AvgIpc) is 2.47.